The molecule has 0 bridgehead atoms. The highest BCUT2D eigenvalue weighted by Gasteiger charge is 2.15. The van der Waals surface area contributed by atoms with Gasteiger partial charge in [-0.25, -0.2) is 0 Å². The first-order chi connectivity index (χ1) is 6.00. The van der Waals surface area contributed by atoms with Crippen molar-refractivity contribution in [3.05, 3.63) is 31.2 Å². The van der Waals surface area contributed by atoms with E-state index in [0.717, 1.165) is 17.5 Å². The number of hydrogen-bond donors (Lipinski definition) is 0. The molecule has 4 heteroatoms. The second-order valence-electron chi connectivity index (χ2n) is 2.71. The minimum Gasteiger partial charge on any atom is -0.0824 e. The van der Waals surface area contributed by atoms with E-state index in [1.165, 1.54) is 0 Å². The Morgan fingerprint density at radius 2 is 1.31 bits per heavy atom. The molecule has 0 aliphatic carbocycles. The second-order valence-corrected chi connectivity index (χ2v) is 4.22. The van der Waals surface area contributed by atoms with E-state index >= 15 is 0 Å². The van der Waals surface area contributed by atoms with Crippen LogP contribution in [0.15, 0.2) is 0 Å². The number of benzene rings is 1. The van der Waals surface area contributed by atoms with E-state index in [9.17, 15) is 0 Å². The van der Waals surface area contributed by atoms with Crippen molar-refractivity contribution < 1.29 is 0 Å². The van der Waals surface area contributed by atoms with Crippen molar-refractivity contribution in [2.24, 2.45) is 0 Å². The van der Waals surface area contributed by atoms with Crippen molar-refractivity contribution in [1.82, 2.24) is 0 Å². The predicted octanol–water partition coefficient (Wildman–Crippen LogP) is 5.17. The van der Waals surface area contributed by atoms with E-state index in [1.54, 1.807) is 0 Å². The van der Waals surface area contributed by atoms with Crippen LogP contribution in [0, 0.1) is 6.92 Å². The van der Waals surface area contributed by atoms with Gasteiger partial charge < -0.3 is 0 Å². The molecule has 0 N–H and O–H groups in total. The van der Waals surface area contributed by atoms with Gasteiger partial charge in [0.05, 0.1) is 20.1 Å². The van der Waals surface area contributed by atoms with Gasteiger partial charge in [-0.3, -0.25) is 0 Å². The molecule has 1 aromatic carbocycles. The molecule has 0 heterocycles. The van der Waals surface area contributed by atoms with Crippen molar-refractivity contribution in [1.29, 1.82) is 0 Å². The SMILES string of the molecule is CCc1c(C)c(Cl)c(Cl)c(Cl)c1Cl. The van der Waals surface area contributed by atoms with Gasteiger partial charge in [-0.1, -0.05) is 53.3 Å². The quantitative estimate of drug-likeness (QED) is 0.481. The molecular formula is C9H8Cl4. The molecule has 0 aliphatic heterocycles. The van der Waals surface area contributed by atoms with Gasteiger partial charge in [0, 0.05) is 0 Å². The summed E-state index contributed by atoms with van der Waals surface area (Å²) in [5, 5.41) is 1.68. The molecule has 0 fully saturated rings. The van der Waals surface area contributed by atoms with Crippen LogP contribution in [0.3, 0.4) is 0 Å². The highest BCUT2D eigenvalue weighted by atomic mass is 35.5. The normalized spacial score (nSPS) is 10.6. The molecule has 0 unspecified atom stereocenters. The van der Waals surface area contributed by atoms with Gasteiger partial charge in [0.15, 0.2) is 0 Å². The summed E-state index contributed by atoms with van der Waals surface area (Å²) in [4.78, 5) is 0. The van der Waals surface area contributed by atoms with Gasteiger partial charge in [0.25, 0.3) is 0 Å². The lowest BCUT2D eigenvalue weighted by molar-refractivity contribution is 1.11. The second kappa shape index (κ2) is 4.27. The summed E-state index contributed by atoms with van der Waals surface area (Å²) in [6.45, 7) is 3.88. The van der Waals surface area contributed by atoms with Crippen LogP contribution in [0.4, 0.5) is 0 Å². The van der Waals surface area contributed by atoms with Gasteiger partial charge >= 0.3 is 0 Å². The fourth-order valence-corrected chi connectivity index (χ4v) is 2.33. The zero-order chi connectivity index (χ0) is 10.2. The Hall–Kier alpha value is 0.380. The molecular weight excluding hydrogens is 250 g/mol. The zero-order valence-electron chi connectivity index (χ0n) is 7.22. The Bertz CT molecular complexity index is 315. The highest BCUT2D eigenvalue weighted by molar-refractivity contribution is 6.52. The van der Waals surface area contributed by atoms with Gasteiger partial charge in [-0.05, 0) is 24.5 Å². The molecule has 1 rings (SSSR count). The summed E-state index contributed by atoms with van der Waals surface area (Å²) in [6.07, 6.45) is 0.793. The lowest BCUT2D eigenvalue weighted by Gasteiger charge is -2.11. The topological polar surface area (TPSA) is 0 Å². The maximum atomic E-state index is 6.00. The van der Waals surface area contributed by atoms with Crippen molar-refractivity contribution in [3.63, 3.8) is 0 Å². The minimum atomic E-state index is 0.336. The minimum absolute atomic E-state index is 0.336. The smallest absolute Gasteiger partial charge is 0.0796 e. The average Bonchev–Trinajstić information content (AvgIpc) is 2.13. The van der Waals surface area contributed by atoms with Crippen LogP contribution in [0.1, 0.15) is 18.1 Å². The van der Waals surface area contributed by atoms with Crippen LogP contribution >= 0.6 is 46.4 Å². The van der Waals surface area contributed by atoms with Crippen molar-refractivity contribution in [2.75, 3.05) is 0 Å². The summed E-state index contributed by atoms with van der Waals surface area (Å²) < 4.78 is 0. The Balaban J connectivity index is 3.56. The van der Waals surface area contributed by atoms with Crippen LogP contribution in [0.25, 0.3) is 0 Å². The van der Waals surface area contributed by atoms with Crippen LogP contribution in [-0.4, -0.2) is 0 Å². The predicted molar refractivity (Wildman–Crippen MR) is 60.6 cm³/mol. The fraction of sp³-hybridized carbons (Fsp3) is 0.333. The fourth-order valence-electron chi connectivity index (χ4n) is 1.21. The molecule has 0 saturated heterocycles. The Kier molecular flexibility index (Phi) is 3.76. The molecule has 72 valence electrons. The van der Waals surface area contributed by atoms with E-state index in [0.29, 0.717) is 20.1 Å². The number of halogens is 4. The number of hydrogen-bond acceptors (Lipinski definition) is 0. The molecule has 0 nitrogen and oxygen atoms in total. The summed E-state index contributed by atoms with van der Waals surface area (Å²) in [7, 11) is 0. The lowest BCUT2D eigenvalue weighted by Crippen LogP contribution is -1.91. The molecule has 0 amide bonds. The van der Waals surface area contributed by atoms with E-state index in [2.05, 4.69) is 0 Å². The summed E-state index contributed by atoms with van der Waals surface area (Å²) in [5.41, 5.74) is 1.87. The first-order valence-electron chi connectivity index (χ1n) is 3.82. The van der Waals surface area contributed by atoms with Crippen LogP contribution < -0.4 is 0 Å². The standard InChI is InChI=1S/C9H8Cl4/c1-3-5-4(2)6(10)8(12)9(13)7(5)11/h3H2,1-2H3. The average molecular weight is 258 g/mol. The Labute approximate surface area is 97.7 Å². The Morgan fingerprint density at radius 3 is 1.77 bits per heavy atom. The molecule has 1 aromatic rings. The molecule has 0 atom stereocenters. The third-order valence-corrected chi connectivity index (χ3v) is 3.91. The van der Waals surface area contributed by atoms with Gasteiger partial charge in [0.2, 0.25) is 0 Å². The largest absolute Gasteiger partial charge is 0.0824 e. The summed E-state index contributed by atoms with van der Waals surface area (Å²) in [5.74, 6) is 0. The first-order valence-corrected chi connectivity index (χ1v) is 5.33. The van der Waals surface area contributed by atoms with Crippen LogP contribution in [0.5, 0.6) is 0 Å². The molecule has 0 spiro atoms. The van der Waals surface area contributed by atoms with Crippen LogP contribution in [0.2, 0.25) is 20.1 Å². The third kappa shape index (κ3) is 1.92. The molecule has 13 heavy (non-hydrogen) atoms. The maximum Gasteiger partial charge on any atom is 0.0796 e. The van der Waals surface area contributed by atoms with E-state index in [1.807, 2.05) is 13.8 Å². The molecule has 0 radical (unpaired) electrons. The molecule has 0 aromatic heterocycles. The molecule has 0 saturated carbocycles. The molecule has 0 aliphatic rings. The van der Waals surface area contributed by atoms with E-state index < -0.39 is 0 Å². The lowest BCUT2D eigenvalue weighted by atomic mass is 10.1. The van der Waals surface area contributed by atoms with E-state index in [4.69, 9.17) is 46.4 Å². The Morgan fingerprint density at radius 1 is 0.846 bits per heavy atom. The van der Waals surface area contributed by atoms with Crippen LogP contribution in [-0.2, 0) is 6.42 Å². The highest BCUT2D eigenvalue weighted by Crippen LogP contribution is 2.41. The number of rotatable bonds is 1. The van der Waals surface area contributed by atoms with Gasteiger partial charge in [0.1, 0.15) is 0 Å². The first kappa shape index (κ1) is 11.5. The van der Waals surface area contributed by atoms with Crippen molar-refractivity contribution in [2.45, 2.75) is 20.3 Å². The van der Waals surface area contributed by atoms with E-state index in [-0.39, 0.29) is 0 Å². The van der Waals surface area contributed by atoms with Gasteiger partial charge in [-0.2, -0.15) is 0 Å². The van der Waals surface area contributed by atoms with Crippen molar-refractivity contribution in [3.8, 4) is 0 Å². The third-order valence-electron chi connectivity index (χ3n) is 1.98. The maximum absolute atomic E-state index is 6.00. The monoisotopic (exact) mass is 256 g/mol. The summed E-state index contributed by atoms with van der Waals surface area (Å²) >= 11 is 23.7. The van der Waals surface area contributed by atoms with Crippen molar-refractivity contribution >= 4 is 46.4 Å². The van der Waals surface area contributed by atoms with Gasteiger partial charge in [-0.15, -0.1) is 0 Å². The summed E-state index contributed by atoms with van der Waals surface area (Å²) in [6, 6.07) is 0. The zero-order valence-corrected chi connectivity index (χ0v) is 10.2.